The van der Waals surface area contributed by atoms with Gasteiger partial charge in [0, 0.05) is 16.7 Å². The van der Waals surface area contributed by atoms with E-state index in [1.165, 1.54) is 0 Å². The maximum atomic E-state index is 12.1. The van der Waals surface area contributed by atoms with Crippen LogP contribution in [0.3, 0.4) is 0 Å². The molecule has 0 radical (unpaired) electrons. The van der Waals surface area contributed by atoms with Crippen molar-refractivity contribution in [1.82, 2.24) is 4.90 Å². The predicted molar refractivity (Wildman–Crippen MR) is 86.0 cm³/mol. The second-order valence-corrected chi connectivity index (χ2v) is 6.27. The summed E-state index contributed by atoms with van der Waals surface area (Å²) in [6.07, 6.45) is 0.00643. The Bertz CT molecular complexity index is 524. The molecular formula is C15H18INO4. The number of carbonyl (C=O) groups excluding carboxylic acids is 2. The molecule has 2 atom stereocenters. The minimum atomic E-state index is -0.470. The van der Waals surface area contributed by atoms with Crippen LogP contribution in [0.15, 0.2) is 24.3 Å². The van der Waals surface area contributed by atoms with Crippen molar-refractivity contribution in [3.8, 4) is 0 Å². The van der Waals surface area contributed by atoms with Crippen LogP contribution in [-0.4, -0.2) is 48.7 Å². The average molecular weight is 403 g/mol. The number of benzene rings is 1. The first kappa shape index (κ1) is 16.2. The summed E-state index contributed by atoms with van der Waals surface area (Å²) >= 11 is 2.07. The van der Waals surface area contributed by atoms with Crippen molar-refractivity contribution in [1.29, 1.82) is 0 Å². The molecule has 2 rings (SSSR count). The van der Waals surface area contributed by atoms with Gasteiger partial charge in [0.05, 0.1) is 17.8 Å². The normalized spacial score (nSPS) is 22.0. The third-order valence-corrected chi connectivity index (χ3v) is 4.13. The van der Waals surface area contributed by atoms with E-state index in [1.54, 1.807) is 17.0 Å². The number of halogens is 1. The van der Waals surface area contributed by atoms with Gasteiger partial charge in [-0.25, -0.2) is 4.79 Å². The maximum absolute atomic E-state index is 12.1. The van der Waals surface area contributed by atoms with Crippen molar-refractivity contribution in [2.24, 2.45) is 0 Å². The number of carbonyl (C=O) groups is 2. The van der Waals surface area contributed by atoms with Crippen LogP contribution < -0.4 is 0 Å². The van der Waals surface area contributed by atoms with Crippen molar-refractivity contribution in [3.05, 3.63) is 33.4 Å². The molecule has 0 saturated carbocycles. The van der Waals surface area contributed by atoms with E-state index in [9.17, 15) is 9.59 Å². The first-order valence-electron chi connectivity index (χ1n) is 6.82. The minimum Gasteiger partial charge on any atom is -0.452 e. The molecule has 1 amide bonds. The molecule has 0 aromatic heterocycles. The fourth-order valence-electron chi connectivity index (χ4n) is 2.30. The van der Waals surface area contributed by atoms with Crippen LogP contribution in [0.25, 0.3) is 0 Å². The van der Waals surface area contributed by atoms with Crippen molar-refractivity contribution in [3.63, 3.8) is 0 Å². The van der Waals surface area contributed by atoms with Crippen LogP contribution in [-0.2, 0) is 14.3 Å². The minimum absolute atomic E-state index is 0.00322. The van der Waals surface area contributed by atoms with Gasteiger partial charge >= 0.3 is 5.97 Å². The summed E-state index contributed by atoms with van der Waals surface area (Å²) < 4.78 is 11.5. The first-order chi connectivity index (χ1) is 9.97. The molecule has 0 spiro atoms. The smallest absolute Gasteiger partial charge is 0.339 e. The molecule has 1 saturated heterocycles. The van der Waals surface area contributed by atoms with Gasteiger partial charge < -0.3 is 14.4 Å². The fourth-order valence-corrected chi connectivity index (χ4v) is 2.91. The Morgan fingerprint density at radius 3 is 2.52 bits per heavy atom. The lowest BCUT2D eigenvalue weighted by Crippen LogP contribution is -2.49. The highest BCUT2D eigenvalue weighted by atomic mass is 127. The standard InChI is InChI=1S/C15H18INO4/c1-10-7-17(8-11(2)21-10)14(18)9-20-15(19)12-5-3-4-6-13(12)16/h3-6,10-11H,7-9H2,1-2H3/t10-,11-/m0/s1. The van der Waals surface area contributed by atoms with Gasteiger partial charge in [-0.15, -0.1) is 0 Å². The Balaban J connectivity index is 1.89. The monoisotopic (exact) mass is 403 g/mol. The lowest BCUT2D eigenvalue weighted by atomic mass is 10.2. The third-order valence-electron chi connectivity index (χ3n) is 3.19. The van der Waals surface area contributed by atoms with E-state index in [4.69, 9.17) is 9.47 Å². The summed E-state index contributed by atoms with van der Waals surface area (Å²) in [6.45, 7) is 4.68. The van der Waals surface area contributed by atoms with Crippen LogP contribution >= 0.6 is 22.6 Å². The molecule has 0 unspecified atom stereocenters. The number of ether oxygens (including phenoxy) is 2. The summed E-state index contributed by atoms with van der Waals surface area (Å²) in [5, 5.41) is 0. The van der Waals surface area contributed by atoms with Crippen LogP contribution in [0.2, 0.25) is 0 Å². The number of amides is 1. The number of nitrogens with zero attached hydrogens (tertiary/aromatic N) is 1. The highest BCUT2D eigenvalue weighted by Crippen LogP contribution is 2.14. The van der Waals surface area contributed by atoms with Crippen molar-refractivity contribution in [2.75, 3.05) is 19.7 Å². The van der Waals surface area contributed by atoms with Gasteiger partial charge in [-0.05, 0) is 48.6 Å². The van der Waals surface area contributed by atoms with Gasteiger partial charge in [-0.2, -0.15) is 0 Å². The Hall–Kier alpha value is -1.15. The summed E-state index contributed by atoms with van der Waals surface area (Å²) in [6, 6.07) is 7.13. The topological polar surface area (TPSA) is 55.8 Å². The van der Waals surface area contributed by atoms with Crippen LogP contribution in [0.4, 0.5) is 0 Å². The number of hydrogen-bond donors (Lipinski definition) is 0. The van der Waals surface area contributed by atoms with Crippen molar-refractivity contribution < 1.29 is 19.1 Å². The Labute approximate surface area is 137 Å². The molecule has 0 bridgehead atoms. The zero-order valence-corrected chi connectivity index (χ0v) is 14.2. The van der Waals surface area contributed by atoms with E-state index in [0.29, 0.717) is 18.7 Å². The lowest BCUT2D eigenvalue weighted by Gasteiger charge is -2.35. The van der Waals surface area contributed by atoms with Crippen LogP contribution in [0, 0.1) is 3.57 Å². The highest BCUT2D eigenvalue weighted by Gasteiger charge is 2.26. The van der Waals surface area contributed by atoms with E-state index < -0.39 is 5.97 Å². The summed E-state index contributed by atoms with van der Waals surface area (Å²) in [5.41, 5.74) is 0.481. The van der Waals surface area contributed by atoms with Gasteiger partial charge in [0.1, 0.15) is 0 Å². The molecule has 5 nitrogen and oxygen atoms in total. The first-order valence-corrected chi connectivity index (χ1v) is 7.90. The van der Waals surface area contributed by atoms with Crippen LogP contribution in [0.5, 0.6) is 0 Å². The number of rotatable bonds is 3. The van der Waals surface area contributed by atoms with Crippen molar-refractivity contribution >= 4 is 34.5 Å². The SMILES string of the molecule is C[C@H]1CN(C(=O)COC(=O)c2ccccc2I)C[C@H](C)O1. The van der Waals surface area contributed by atoms with Gasteiger partial charge in [0.25, 0.3) is 5.91 Å². The molecule has 0 N–H and O–H groups in total. The average Bonchev–Trinajstić information content (AvgIpc) is 2.43. The quantitative estimate of drug-likeness (QED) is 0.573. The van der Waals surface area contributed by atoms with Gasteiger partial charge in [-0.3, -0.25) is 4.79 Å². The molecule has 1 aromatic carbocycles. The lowest BCUT2D eigenvalue weighted by molar-refractivity contribution is -0.146. The predicted octanol–water partition coefficient (Wildman–Crippen LogP) is 2.08. The molecule has 114 valence electrons. The molecule has 1 heterocycles. The van der Waals surface area contributed by atoms with Crippen LogP contribution in [0.1, 0.15) is 24.2 Å². The summed E-state index contributed by atoms with van der Waals surface area (Å²) in [4.78, 5) is 25.7. The Morgan fingerprint density at radius 1 is 1.29 bits per heavy atom. The number of esters is 1. The highest BCUT2D eigenvalue weighted by molar-refractivity contribution is 14.1. The maximum Gasteiger partial charge on any atom is 0.339 e. The van der Waals surface area contributed by atoms with E-state index in [0.717, 1.165) is 3.57 Å². The Morgan fingerprint density at radius 2 is 1.90 bits per heavy atom. The second kappa shape index (κ2) is 7.22. The van der Waals surface area contributed by atoms with E-state index in [1.807, 2.05) is 26.0 Å². The van der Waals surface area contributed by atoms with Gasteiger partial charge in [0.15, 0.2) is 6.61 Å². The zero-order chi connectivity index (χ0) is 15.4. The van der Waals surface area contributed by atoms with E-state index in [-0.39, 0.29) is 24.7 Å². The summed E-state index contributed by atoms with van der Waals surface area (Å²) in [7, 11) is 0. The molecule has 6 heteroatoms. The van der Waals surface area contributed by atoms with Gasteiger partial charge in [0.2, 0.25) is 0 Å². The molecule has 1 aliphatic rings. The Kier molecular flexibility index (Phi) is 5.58. The summed E-state index contributed by atoms with van der Waals surface area (Å²) in [5.74, 6) is -0.654. The van der Waals surface area contributed by atoms with Crippen molar-refractivity contribution in [2.45, 2.75) is 26.1 Å². The number of hydrogen-bond acceptors (Lipinski definition) is 4. The van der Waals surface area contributed by atoms with Gasteiger partial charge in [-0.1, -0.05) is 12.1 Å². The number of morpholine rings is 1. The van der Waals surface area contributed by atoms with E-state index in [2.05, 4.69) is 22.6 Å². The largest absolute Gasteiger partial charge is 0.452 e. The molecule has 21 heavy (non-hydrogen) atoms. The molecule has 1 aromatic rings. The molecule has 0 aliphatic carbocycles. The molecule has 1 aliphatic heterocycles. The second-order valence-electron chi connectivity index (χ2n) is 5.11. The molecular weight excluding hydrogens is 385 g/mol. The van der Waals surface area contributed by atoms with E-state index >= 15 is 0 Å². The zero-order valence-electron chi connectivity index (χ0n) is 12.0. The third kappa shape index (κ3) is 4.41. The fraction of sp³-hybridized carbons (Fsp3) is 0.467. The molecule has 1 fully saturated rings.